The maximum atomic E-state index is 15.7. The molecule has 1 saturated heterocycles. The maximum absolute atomic E-state index is 15.7. The number of rotatable bonds is 12. The molecule has 0 radical (unpaired) electrons. The standard InChI is InChI=1S/C35H41F4N3O4/c1-19(2)10-30(42-17-23(14-28(38)35(42)46)6-8-41-9-7-25(36)18-41)34(45)40-29(16-31(43)44)27-15-24(11-22(5)33(27)39)32-20(3)12-26(37)13-21(32)4/h11-15,17,19,25,29-30H,6-10,16,18H2,1-5H3,(H,40,45)(H,43,44)/t25-,29?,30?/m1/s1. The summed E-state index contributed by atoms with van der Waals surface area (Å²) in [4.78, 5) is 40.8. The van der Waals surface area contributed by atoms with Crippen molar-refractivity contribution in [2.45, 2.75) is 78.6 Å². The molecule has 4 rings (SSSR count). The van der Waals surface area contributed by atoms with Crippen molar-refractivity contribution in [3.05, 3.63) is 92.2 Å². The number of carbonyl (C=O) groups is 2. The molecule has 1 aromatic heterocycles. The van der Waals surface area contributed by atoms with Gasteiger partial charge in [-0.05, 0) is 110 Å². The van der Waals surface area contributed by atoms with Crippen LogP contribution < -0.4 is 10.9 Å². The Morgan fingerprint density at radius 3 is 2.28 bits per heavy atom. The number of halogens is 4. The molecule has 3 atom stereocenters. The zero-order valence-corrected chi connectivity index (χ0v) is 26.8. The zero-order chi connectivity index (χ0) is 33.9. The highest BCUT2D eigenvalue weighted by molar-refractivity contribution is 5.82. The quantitative estimate of drug-likeness (QED) is 0.224. The van der Waals surface area contributed by atoms with Gasteiger partial charge in [0.2, 0.25) is 5.91 Å². The highest BCUT2D eigenvalue weighted by Gasteiger charge is 2.30. The molecule has 2 heterocycles. The molecule has 3 aromatic rings. The van der Waals surface area contributed by atoms with Gasteiger partial charge in [0, 0.05) is 31.4 Å². The van der Waals surface area contributed by atoms with Crippen molar-refractivity contribution >= 4 is 11.9 Å². The lowest BCUT2D eigenvalue weighted by Gasteiger charge is -2.26. The van der Waals surface area contributed by atoms with Crippen molar-refractivity contribution in [2.75, 3.05) is 19.6 Å². The van der Waals surface area contributed by atoms with E-state index in [0.717, 1.165) is 10.6 Å². The zero-order valence-electron chi connectivity index (χ0n) is 26.8. The summed E-state index contributed by atoms with van der Waals surface area (Å²) in [5, 5.41) is 12.4. The van der Waals surface area contributed by atoms with Crippen LogP contribution in [0, 0.1) is 44.1 Å². The molecular formula is C35H41F4N3O4. The Balaban J connectivity index is 1.71. The number of likely N-dealkylation sites (tertiary alicyclic amines) is 1. The van der Waals surface area contributed by atoms with Crippen LogP contribution in [0.2, 0.25) is 0 Å². The van der Waals surface area contributed by atoms with E-state index >= 15 is 4.39 Å². The van der Waals surface area contributed by atoms with E-state index in [9.17, 15) is 32.7 Å². The first-order valence-electron chi connectivity index (χ1n) is 15.5. The summed E-state index contributed by atoms with van der Waals surface area (Å²) < 4.78 is 59.4. The normalized spacial score (nSPS) is 16.5. The Morgan fingerprint density at radius 1 is 1.02 bits per heavy atom. The number of aromatic nitrogens is 1. The summed E-state index contributed by atoms with van der Waals surface area (Å²) >= 11 is 0. The second kappa shape index (κ2) is 14.6. The van der Waals surface area contributed by atoms with E-state index < -0.39 is 59.6 Å². The minimum absolute atomic E-state index is 0.0822. The number of carboxylic acid groups (broad SMARTS) is 1. The van der Waals surface area contributed by atoms with Gasteiger partial charge in [0.25, 0.3) is 5.56 Å². The maximum Gasteiger partial charge on any atom is 0.305 e. The van der Waals surface area contributed by atoms with Crippen molar-refractivity contribution in [3.8, 4) is 11.1 Å². The van der Waals surface area contributed by atoms with Crippen LogP contribution in [-0.4, -0.2) is 52.3 Å². The molecule has 0 aliphatic carbocycles. The van der Waals surface area contributed by atoms with Gasteiger partial charge in [-0.3, -0.25) is 14.4 Å². The lowest BCUT2D eigenvalue weighted by Crippen LogP contribution is -2.41. The van der Waals surface area contributed by atoms with Gasteiger partial charge in [0.15, 0.2) is 5.82 Å². The third-order valence-electron chi connectivity index (χ3n) is 8.46. The number of hydrogen-bond donors (Lipinski definition) is 2. The van der Waals surface area contributed by atoms with Crippen molar-refractivity contribution in [1.82, 2.24) is 14.8 Å². The molecule has 0 bridgehead atoms. The lowest BCUT2D eigenvalue weighted by atomic mass is 9.90. The van der Waals surface area contributed by atoms with Crippen LogP contribution in [0.4, 0.5) is 17.6 Å². The summed E-state index contributed by atoms with van der Waals surface area (Å²) in [5.74, 6) is -4.39. The van der Waals surface area contributed by atoms with Gasteiger partial charge in [-0.2, -0.15) is 0 Å². The first kappa shape index (κ1) is 34.9. The van der Waals surface area contributed by atoms with Crippen molar-refractivity contribution in [3.63, 3.8) is 0 Å². The van der Waals surface area contributed by atoms with Crippen LogP contribution >= 0.6 is 0 Å². The van der Waals surface area contributed by atoms with Crippen LogP contribution in [0.25, 0.3) is 11.1 Å². The number of amides is 1. The van der Waals surface area contributed by atoms with Gasteiger partial charge in [-0.1, -0.05) is 13.8 Å². The number of pyridine rings is 1. The molecule has 2 unspecified atom stereocenters. The molecule has 1 amide bonds. The van der Waals surface area contributed by atoms with Crippen molar-refractivity contribution < 1.29 is 32.3 Å². The smallest absolute Gasteiger partial charge is 0.305 e. The van der Waals surface area contributed by atoms with Gasteiger partial charge < -0.3 is 19.9 Å². The molecule has 1 aliphatic rings. The minimum Gasteiger partial charge on any atom is -0.481 e. The lowest BCUT2D eigenvalue weighted by molar-refractivity contribution is -0.138. The number of carboxylic acids is 1. The summed E-state index contributed by atoms with van der Waals surface area (Å²) in [7, 11) is 0. The molecule has 2 aromatic carbocycles. The third kappa shape index (κ3) is 8.23. The Kier molecular flexibility index (Phi) is 11.1. The van der Waals surface area contributed by atoms with E-state index in [4.69, 9.17) is 0 Å². The molecule has 11 heteroatoms. The average molecular weight is 644 g/mol. The third-order valence-corrected chi connectivity index (χ3v) is 8.46. The minimum atomic E-state index is -1.34. The molecule has 7 nitrogen and oxygen atoms in total. The molecule has 2 N–H and O–H groups in total. The highest BCUT2D eigenvalue weighted by atomic mass is 19.1. The van der Waals surface area contributed by atoms with E-state index in [1.807, 2.05) is 18.7 Å². The number of benzene rings is 2. The summed E-state index contributed by atoms with van der Waals surface area (Å²) in [5.41, 5.74) is 1.91. The molecule has 1 aliphatic heterocycles. The fourth-order valence-corrected chi connectivity index (χ4v) is 6.30. The van der Waals surface area contributed by atoms with E-state index in [2.05, 4.69) is 5.32 Å². The summed E-state index contributed by atoms with van der Waals surface area (Å²) in [6, 6.07) is 4.28. The number of aryl methyl sites for hydroxylation is 3. The second-order valence-electron chi connectivity index (χ2n) is 12.8. The van der Waals surface area contributed by atoms with Crippen molar-refractivity contribution in [1.29, 1.82) is 0 Å². The number of nitrogens with zero attached hydrogens (tertiary/aromatic N) is 2. The molecule has 248 valence electrons. The van der Waals surface area contributed by atoms with E-state index in [1.54, 1.807) is 19.9 Å². The molecular weight excluding hydrogens is 602 g/mol. The Hall–Kier alpha value is -3.99. The van der Waals surface area contributed by atoms with Crippen LogP contribution in [0.5, 0.6) is 0 Å². The Morgan fingerprint density at radius 2 is 1.70 bits per heavy atom. The van der Waals surface area contributed by atoms with Crippen LogP contribution in [0.3, 0.4) is 0 Å². The van der Waals surface area contributed by atoms with Crippen LogP contribution in [-0.2, 0) is 16.0 Å². The number of nitrogens with one attached hydrogen (secondary N) is 1. The number of alkyl halides is 1. The van der Waals surface area contributed by atoms with Gasteiger partial charge in [0.1, 0.15) is 23.8 Å². The van der Waals surface area contributed by atoms with E-state index in [-0.39, 0.29) is 30.0 Å². The van der Waals surface area contributed by atoms with Crippen molar-refractivity contribution in [2.24, 2.45) is 5.92 Å². The Bertz CT molecular complexity index is 1650. The summed E-state index contributed by atoms with van der Waals surface area (Å²) in [6.07, 6.45) is 0.686. The Labute approximate surface area is 266 Å². The van der Waals surface area contributed by atoms with E-state index in [1.165, 1.54) is 31.3 Å². The molecule has 0 spiro atoms. The molecule has 1 fully saturated rings. The second-order valence-corrected chi connectivity index (χ2v) is 12.8. The van der Waals surface area contributed by atoms with Gasteiger partial charge in [0.05, 0.1) is 12.5 Å². The monoisotopic (exact) mass is 643 g/mol. The topological polar surface area (TPSA) is 91.6 Å². The number of carbonyl (C=O) groups excluding carboxylic acids is 1. The first-order valence-corrected chi connectivity index (χ1v) is 15.5. The number of aliphatic carboxylic acids is 1. The summed E-state index contributed by atoms with van der Waals surface area (Å²) in [6.45, 7) is 9.88. The fourth-order valence-electron chi connectivity index (χ4n) is 6.30. The van der Waals surface area contributed by atoms with Gasteiger partial charge in [-0.15, -0.1) is 0 Å². The largest absolute Gasteiger partial charge is 0.481 e. The fraction of sp³-hybridized carbons (Fsp3) is 0.457. The predicted octanol–water partition coefficient (Wildman–Crippen LogP) is 6.36. The number of hydrogen-bond acceptors (Lipinski definition) is 4. The first-order chi connectivity index (χ1) is 21.6. The molecule has 0 saturated carbocycles. The van der Waals surface area contributed by atoms with Crippen LogP contribution in [0.1, 0.15) is 73.0 Å². The van der Waals surface area contributed by atoms with E-state index in [0.29, 0.717) is 53.7 Å². The average Bonchev–Trinajstić information content (AvgIpc) is 3.37. The van der Waals surface area contributed by atoms with Crippen LogP contribution in [0.15, 0.2) is 41.3 Å². The van der Waals surface area contributed by atoms with Gasteiger partial charge >= 0.3 is 5.97 Å². The predicted molar refractivity (Wildman–Crippen MR) is 168 cm³/mol. The molecule has 46 heavy (non-hydrogen) atoms. The SMILES string of the molecule is Cc1cc(-c2c(C)cc(F)cc2C)cc(C(CC(=O)O)NC(=O)C(CC(C)C)n2cc(CCN3CC[C@@H](F)C3)cc(F)c2=O)c1F. The highest BCUT2D eigenvalue weighted by Crippen LogP contribution is 2.34. The van der Waals surface area contributed by atoms with Gasteiger partial charge in [-0.25, -0.2) is 17.6 Å².